The maximum atomic E-state index is 5.94. The van der Waals surface area contributed by atoms with Gasteiger partial charge in [-0.1, -0.05) is 42.1 Å². The predicted octanol–water partition coefficient (Wildman–Crippen LogP) is 2.32. The second-order valence-corrected chi connectivity index (χ2v) is 5.28. The molecule has 3 aromatic rings. The first-order valence-electron chi connectivity index (χ1n) is 6.53. The van der Waals surface area contributed by atoms with E-state index >= 15 is 0 Å². The first kappa shape index (κ1) is 14.2. The second kappa shape index (κ2) is 6.81. The van der Waals surface area contributed by atoms with Crippen molar-refractivity contribution in [2.75, 3.05) is 11.3 Å². The minimum atomic E-state index is 0.360. The van der Waals surface area contributed by atoms with Crippen LogP contribution in [0, 0.1) is 0 Å². The molecular weight excluding hydrogens is 300 g/mol. The summed E-state index contributed by atoms with van der Waals surface area (Å²) in [4.78, 5) is 0. The zero-order chi connectivity index (χ0) is 15.2. The lowest BCUT2D eigenvalue weighted by Crippen LogP contribution is -2.13. The fourth-order valence-electron chi connectivity index (χ4n) is 1.69. The summed E-state index contributed by atoms with van der Waals surface area (Å²) in [5, 5.41) is 12.6. The molecule has 3 N–H and O–H groups in total. The Morgan fingerprint density at radius 3 is 2.86 bits per heavy atom. The van der Waals surface area contributed by atoms with E-state index in [1.54, 1.807) is 18.4 Å². The van der Waals surface area contributed by atoms with E-state index in [0.29, 0.717) is 16.9 Å². The van der Waals surface area contributed by atoms with Crippen LogP contribution in [0.1, 0.15) is 11.3 Å². The third kappa shape index (κ3) is 3.47. The molecule has 0 atom stereocenters. The minimum Gasteiger partial charge on any atom is -0.463 e. The van der Waals surface area contributed by atoms with Crippen LogP contribution in [-0.4, -0.2) is 21.1 Å². The molecule has 0 aliphatic carbocycles. The first-order valence-corrected chi connectivity index (χ1v) is 7.51. The summed E-state index contributed by atoms with van der Waals surface area (Å²) in [6.45, 7) is 0. The van der Waals surface area contributed by atoms with Gasteiger partial charge in [0, 0.05) is 5.75 Å². The van der Waals surface area contributed by atoms with E-state index in [0.717, 1.165) is 5.75 Å². The van der Waals surface area contributed by atoms with Crippen molar-refractivity contribution >= 4 is 23.9 Å². The van der Waals surface area contributed by atoms with Crippen molar-refractivity contribution in [3.63, 3.8) is 0 Å². The quantitative estimate of drug-likeness (QED) is 0.314. The Labute approximate surface area is 131 Å². The molecule has 0 saturated carbocycles. The fraction of sp³-hybridized carbons (Fsp3) is 0.0714. The number of anilines is 1. The van der Waals surface area contributed by atoms with Gasteiger partial charge in [-0.15, -0.1) is 10.2 Å². The molecule has 0 radical (unpaired) electrons. The van der Waals surface area contributed by atoms with Crippen molar-refractivity contribution in [1.82, 2.24) is 14.9 Å². The highest BCUT2D eigenvalue weighted by Gasteiger charge is 2.09. The van der Waals surface area contributed by atoms with Gasteiger partial charge in [-0.3, -0.25) is 0 Å². The number of hydrogen-bond donors (Lipinski definition) is 2. The number of nitrogen functional groups attached to an aromatic ring is 1. The number of aromatic nitrogens is 3. The van der Waals surface area contributed by atoms with Crippen molar-refractivity contribution in [3.05, 3.63) is 60.1 Å². The van der Waals surface area contributed by atoms with Crippen LogP contribution in [0.4, 0.5) is 5.95 Å². The van der Waals surface area contributed by atoms with Crippen molar-refractivity contribution < 1.29 is 4.42 Å². The normalized spacial score (nSPS) is 11.1. The van der Waals surface area contributed by atoms with Crippen LogP contribution in [0.3, 0.4) is 0 Å². The summed E-state index contributed by atoms with van der Waals surface area (Å²) < 4.78 is 6.50. The molecular formula is C14H14N6OS. The number of nitrogens with one attached hydrogen (secondary N) is 1. The number of nitrogens with zero attached hydrogens (tertiary/aromatic N) is 4. The van der Waals surface area contributed by atoms with E-state index in [9.17, 15) is 0 Å². The number of nitrogens with two attached hydrogens (primary N) is 1. The number of benzene rings is 1. The van der Waals surface area contributed by atoms with Crippen LogP contribution in [0.25, 0.3) is 0 Å². The highest BCUT2D eigenvalue weighted by molar-refractivity contribution is 7.98. The molecule has 22 heavy (non-hydrogen) atoms. The van der Waals surface area contributed by atoms with Crippen LogP contribution in [-0.2, 0) is 5.75 Å². The van der Waals surface area contributed by atoms with E-state index in [1.807, 2.05) is 18.2 Å². The monoisotopic (exact) mass is 314 g/mol. The Bertz CT molecular complexity index is 738. The Hall–Kier alpha value is -2.74. The lowest BCUT2D eigenvalue weighted by molar-refractivity contribution is 0.560. The van der Waals surface area contributed by atoms with E-state index in [-0.39, 0.29) is 0 Å². The first-order chi connectivity index (χ1) is 10.8. The van der Waals surface area contributed by atoms with Crippen molar-refractivity contribution in [3.8, 4) is 0 Å². The molecule has 0 spiro atoms. The third-order valence-electron chi connectivity index (χ3n) is 2.77. The summed E-state index contributed by atoms with van der Waals surface area (Å²) in [6, 6.07) is 13.7. The third-order valence-corrected chi connectivity index (χ3v) is 3.79. The van der Waals surface area contributed by atoms with Gasteiger partial charge in [0.25, 0.3) is 5.95 Å². The average Bonchev–Trinajstić information content (AvgIpc) is 3.18. The van der Waals surface area contributed by atoms with E-state index in [1.165, 1.54) is 28.2 Å². The van der Waals surface area contributed by atoms with Gasteiger partial charge >= 0.3 is 0 Å². The molecule has 0 fully saturated rings. The van der Waals surface area contributed by atoms with Crippen LogP contribution in [0.5, 0.6) is 0 Å². The van der Waals surface area contributed by atoms with Crippen LogP contribution in [0.15, 0.2) is 63.4 Å². The molecule has 0 saturated heterocycles. The standard InChI is InChI=1S/C14H14N6OS/c15-20-13(17-16-9-12-7-4-8-21-12)18-19-14(20)22-10-11-5-2-1-3-6-11/h1-9H,10,15H2,(H,17,18)/b16-9+. The topological polar surface area (TPSA) is 94.3 Å². The van der Waals surface area contributed by atoms with Gasteiger partial charge in [0.05, 0.1) is 12.5 Å². The van der Waals surface area contributed by atoms with Gasteiger partial charge in [-0.05, 0) is 17.7 Å². The summed E-state index contributed by atoms with van der Waals surface area (Å²) >= 11 is 1.51. The molecule has 0 amide bonds. The molecule has 0 aliphatic heterocycles. The Morgan fingerprint density at radius 2 is 2.09 bits per heavy atom. The summed E-state index contributed by atoms with van der Waals surface area (Å²) in [5.41, 5.74) is 3.93. The van der Waals surface area contributed by atoms with Crippen LogP contribution < -0.4 is 11.3 Å². The summed E-state index contributed by atoms with van der Waals surface area (Å²) in [6.07, 6.45) is 3.11. The number of hydrazone groups is 1. The van der Waals surface area contributed by atoms with Crippen LogP contribution in [0.2, 0.25) is 0 Å². The SMILES string of the molecule is Nn1c(N/N=C/c2ccco2)nnc1SCc1ccccc1. The molecule has 2 heterocycles. The molecule has 3 rings (SSSR count). The zero-order valence-electron chi connectivity index (χ0n) is 11.6. The number of rotatable bonds is 6. The highest BCUT2D eigenvalue weighted by Crippen LogP contribution is 2.21. The van der Waals surface area contributed by atoms with Gasteiger partial charge in [0.15, 0.2) is 0 Å². The lowest BCUT2D eigenvalue weighted by Gasteiger charge is -2.02. The van der Waals surface area contributed by atoms with Crippen molar-refractivity contribution in [1.29, 1.82) is 0 Å². The molecule has 2 aromatic heterocycles. The van der Waals surface area contributed by atoms with Crippen molar-refractivity contribution in [2.24, 2.45) is 5.10 Å². The van der Waals surface area contributed by atoms with Gasteiger partial charge in [-0.2, -0.15) is 5.10 Å². The van der Waals surface area contributed by atoms with Crippen molar-refractivity contribution in [2.45, 2.75) is 10.9 Å². The Kier molecular flexibility index (Phi) is 4.40. The van der Waals surface area contributed by atoms with E-state index in [4.69, 9.17) is 10.3 Å². The van der Waals surface area contributed by atoms with Gasteiger partial charge in [-0.25, -0.2) is 10.1 Å². The molecule has 0 aliphatic rings. The molecule has 0 bridgehead atoms. The largest absolute Gasteiger partial charge is 0.463 e. The van der Waals surface area contributed by atoms with Gasteiger partial charge < -0.3 is 10.3 Å². The summed E-state index contributed by atoms with van der Waals surface area (Å²) in [5.74, 6) is 7.70. The molecule has 7 nitrogen and oxygen atoms in total. The number of hydrogen-bond acceptors (Lipinski definition) is 7. The molecule has 1 aromatic carbocycles. The Balaban J connectivity index is 1.59. The molecule has 0 unspecified atom stereocenters. The number of thioether (sulfide) groups is 1. The lowest BCUT2D eigenvalue weighted by atomic mass is 10.2. The zero-order valence-corrected chi connectivity index (χ0v) is 12.4. The van der Waals surface area contributed by atoms with Gasteiger partial charge in [0.2, 0.25) is 5.16 Å². The van der Waals surface area contributed by atoms with E-state index in [2.05, 4.69) is 32.9 Å². The molecule has 112 valence electrons. The predicted molar refractivity (Wildman–Crippen MR) is 86.1 cm³/mol. The number of furan rings is 1. The second-order valence-electron chi connectivity index (χ2n) is 4.34. The van der Waals surface area contributed by atoms with E-state index < -0.39 is 0 Å². The maximum Gasteiger partial charge on any atom is 0.264 e. The van der Waals surface area contributed by atoms with Crippen LogP contribution >= 0.6 is 11.8 Å². The smallest absolute Gasteiger partial charge is 0.264 e. The minimum absolute atomic E-state index is 0.360. The summed E-state index contributed by atoms with van der Waals surface area (Å²) in [7, 11) is 0. The molecule has 8 heteroatoms. The fourth-order valence-corrected chi connectivity index (χ4v) is 2.50. The maximum absolute atomic E-state index is 5.94. The highest BCUT2D eigenvalue weighted by atomic mass is 32.2. The average molecular weight is 314 g/mol. The Morgan fingerprint density at radius 1 is 1.23 bits per heavy atom. The van der Waals surface area contributed by atoms with Gasteiger partial charge in [0.1, 0.15) is 5.76 Å².